The number of carbonyl (C=O) groups is 2. The fourth-order valence-corrected chi connectivity index (χ4v) is 3.72. The number of phenolic OH excluding ortho intramolecular Hbond substituents is 2. The molecule has 0 radical (unpaired) electrons. The number of nitrogens with zero attached hydrogens (tertiary/aromatic N) is 1. The first-order valence-electron chi connectivity index (χ1n) is 9.94. The summed E-state index contributed by atoms with van der Waals surface area (Å²) in [6.07, 6.45) is 2.13. The Hall–Kier alpha value is -2.28. The largest absolute Gasteiger partial charge is 0.508 e. The maximum absolute atomic E-state index is 13.1. The van der Waals surface area contributed by atoms with Gasteiger partial charge in [0.25, 0.3) is 5.91 Å². The van der Waals surface area contributed by atoms with Gasteiger partial charge in [0, 0.05) is 25.2 Å². The van der Waals surface area contributed by atoms with Gasteiger partial charge in [-0.1, -0.05) is 27.7 Å². The molecule has 0 aliphatic carbocycles. The Morgan fingerprint density at radius 3 is 2.43 bits per heavy atom. The van der Waals surface area contributed by atoms with E-state index in [1.54, 1.807) is 11.0 Å². The van der Waals surface area contributed by atoms with Crippen molar-refractivity contribution in [3.05, 3.63) is 23.3 Å². The van der Waals surface area contributed by atoms with Crippen LogP contribution in [0, 0.1) is 5.92 Å². The third kappa shape index (κ3) is 5.16. The SMILES string of the molecule is CC(C)C[C@H](NC[C@H]1CCCN1C(=O)c1cc(C(C)C)c(O)cc1O)C(=O)O. The third-order valence-corrected chi connectivity index (χ3v) is 5.24. The highest BCUT2D eigenvalue weighted by molar-refractivity contribution is 5.97. The van der Waals surface area contributed by atoms with Crippen LogP contribution in [0.5, 0.6) is 11.5 Å². The lowest BCUT2D eigenvalue weighted by molar-refractivity contribution is -0.140. The molecule has 0 aromatic heterocycles. The molecular weight excluding hydrogens is 360 g/mol. The molecule has 1 fully saturated rings. The second kappa shape index (κ2) is 9.28. The van der Waals surface area contributed by atoms with Crippen molar-refractivity contribution in [3.63, 3.8) is 0 Å². The van der Waals surface area contributed by atoms with Gasteiger partial charge in [-0.2, -0.15) is 0 Å². The number of carbonyl (C=O) groups excluding carboxylic acids is 1. The minimum absolute atomic E-state index is 0.00977. The van der Waals surface area contributed by atoms with Crippen LogP contribution >= 0.6 is 0 Å². The molecule has 0 unspecified atom stereocenters. The zero-order valence-corrected chi connectivity index (χ0v) is 17.1. The van der Waals surface area contributed by atoms with Crippen molar-refractivity contribution in [2.75, 3.05) is 13.1 Å². The molecule has 0 saturated carbocycles. The average Bonchev–Trinajstić information content (AvgIpc) is 3.05. The molecule has 2 atom stereocenters. The van der Waals surface area contributed by atoms with E-state index in [1.165, 1.54) is 6.07 Å². The number of likely N-dealkylation sites (tertiary alicyclic amines) is 1. The van der Waals surface area contributed by atoms with Gasteiger partial charge in [0.1, 0.15) is 17.5 Å². The standard InChI is InChI=1S/C21H32N2O5/c1-12(2)8-17(21(27)28)22-11-14-6-5-7-23(14)20(26)16-9-15(13(3)4)18(24)10-19(16)25/h9-10,12-14,17,22,24-25H,5-8,11H2,1-4H3,(H,27,28)/t14-,17+/m1/s1. The van der Waals surface area contributed by atoms with Crippen LogP contribution in [-0.4, -0.2) is 57.3 Å². The normalized spacial score (nSPS) is 18.1. The Labute approximate surface area is 166 Å². The third-order valence-electron chi connectivity index (χ3n) is 5.24. The highest BCUT2D eigenvalue weighted by Crippen LogP contribution is 2.34. The van der Waals surface area contributed by atoms with Crippen LogP contribution in [0.1, 0.15) is 68.8 Å². The van der Waals surface area contributed by atoms with Crippen molar-refractivity contribution in [1.29, 1.82) is 0 Å². The molecule has 0 bridgehead atoms. The zero-order valence-electron chi connectivity index (χ0n) is 17.1. The Morgan fingerprint density at radius 2 is 1.86 bits per heavy atom. The molecule has 1 amide bonds. The van der Waals surface area contributed by atoms with Crippen LogP contribution in [0.2, 0.25) is 0 Å². The molecule has 0 spiro atoms. The molecule has 7 nitrogen and oxygen atoms in total. The van der Waals surface area contributed by atoms with Gasteiger partial charge in [-0.25, -0.2) is 0 Å². The van der Waals surface area contributed by atoms with Crippen LogP contribution in [0.4, 0.5) is 0 Å². The number of carboxylic acid groups (broad SMARTS) is 1. The first kappa shape index (κ1) is 22.0. The van der Waals surface area contributed by atoms with Crippen molar-refractivity contribution in [3.8, 4) is 11.5 Å². The van der Waals surface area contributed by atoms with Gasteiger partial charge in [-0.05, 0) is 42.7 Å². The summed E-state index contributed by atoms with van der Waals surface area (Å²) >= 11 is 0. The molecule has 1 saturated heterocycles. The van der Waals surface area contributed by atoms with E-state index in [9.17, 15) is 24.9 Å². The number of benzene rings is 1. The van der Waals surface area contributed by atoms with Gasteiger partial charge in [-0.3, -0.25) is 9.59 Å². The van der Waals surface area contributed by atoms with E-state index < -0.39 is 12.0 Å². The lowest BCUT2D eigenvalue weighted by atomic mass is 9.98. The van der Waals surface area contributed by atoms with Gasteiger partial charge in [-0.15, -0.1) is 0 Å². The van der Waals surface area contributed by atoms with E-state index in [-0.39, 0.29) is 40.8 Å². The summed E-state index contributed by atoms with van der Waals surface area (Å²) in [5.41, 5.74) is 0.781. The fraction of sp³-hybridized carbons (Fsp3) is 0.619. The molecule has 28 heavy (non-hydrogen) atoms. The maximum atomic E-state index is 13.1. The highest BCUT2D eigenvalue weighted by atomic mass is 16.4. The number of amides is 1. The number of aliphatic carboxylic acids is 1. The van der Waals surface area contributed by atoms with Crippen LogP contribution in [0.25, 0.3) is 0 Å². The molecule has 1 heterocycles. The Bertz CT molecular complexity index is 717. The first-order chi connectivity index (χ1) is 13.1. The minimum Gasteiger partial charge on any atom is -0.508 e. The van der Waals surface area contributed by atoms with Crippen LogP contribution in [0.3, 0.4) is 0 Å². The smallest absolute Gasteiger partial charge is 0.320 e. The van der Waals surface area contributed by atoms with E-state index in [1.807, 2.05) is 27.7 Å². The number of aromatic hydroxyl groups is 2. The molecule has 1 aliphatic heterocycles. The van der Waals surface area contributed by atoms with E-state index >= 15 is 0 Å². The Balaban J connectivity index is 2.15. The van der Waals surface area contributed by atoms with Crippen molar-refractivity contribution < 1.29 is 24.9 Å². The van der Waals surface area contributed by atoms with Crippen molar-refractivity contribution in [2.45, 2.75) is 65.0 Å². The Morgan fingerprint density at radius 1 is 1.18 bits per heavy atom. The maximum Gasteiger partial charge on any atom is 0.320 e. The van der Waals surface area contributed by atoms with Crippen molar-refractivity contribution in [2.24, 2.45) is 5.92 Å². The van der Waals surface area contributed by atoms with E-state index in [4.69, 9.17) is 0 Å². The summed E-state index contributed by atoms with van der Waals surface area (Å²) in [6.45, 7) is 8.72. The molecule has 7 heteroatoms. The quantitative estimate of drug-likeness (QED) is 0.541. The number of nitrogens with one attached hydrogen (secondary N) is 1. The molecule has 2 rings (SSSR count). The average molecular weight is 392 g/mol. The lowest BCUT2D eigenvalue weighted by Gasteiger charge is -2.27. The van der Waals surface area contributed by atoms with E-state index in [2.05, 4.69) is 5.32 Å². The van der Waals surface area contributed by atoms with Crippen LogP contribution in [0.15, 0.2) is 12.1 Å². The monoisotopic (exact) mass is 392 g/mol. The zero-order chi connectivity index (χ0) is 21.0. The lowest BCUT2D eigenvalue weighted by Crippen LogP contribution is -2.47. The number of carboxylic acids is 1. The predicted octanol–water partition coefficient (Wildman–Crippen LogP) is 2.91. The molecule has 156 valence electrons. The number of hydrogen-bond acceptors (Lipinski definition) is 5. The number of hydrogen-bond donors (Lipinski definition) is 4. The van der Waals surface area contributed by atoms with Gasteiger partial charge < -0.3 is 25.5 Å². The topological polar surface area (TPSA) is 110 Å². The summed E-state index contributed by atoms with van der Waals surface area (Å²) in [4.78, 5) is 26.2. The van der Waals surface area contributed by atoms with Crippen LogP contribution < -0.4 is 5.32 Å². The molecule has 1 aliphatic rings. The molecule has 1 aromatic carbocycles. The fourth-order valence-electron chi connectivity index (χ4n) is 3.72. The summed E-state index contributed by atoms with van der Waals surface area (Å²) in [7, 11) is 0. The molecular formula is C21H32N2O5. The molecule has 4 N–H and O–H groups in total. The minimum atomic E-state index is -0.887. The first-order valence-corrected chi connectivity index (χ1v) is 9.94. The summed E-state index contributed by atoms with van der Waals surface area (Å²) in [5, 5.41) is 32.7. The van der Waals surface area contributed by atoms with Crippen LogP contribution in [-0.2, 0) is 4.79 Å². The summed E-state index contributed by atoms with van der Waals surface area (Å²) in [6, 6.07) is 2.00. The van der Waals surface area contributed by atoms with E-state index in [0.717, 1.165) is 12.8 Å². The highest BCUT2D eigenvalue weighted by Gasteiger charge is 2.32. The summed E-state index contributed by atoms with van der Waals surface area (Å²) in [5.74, 6) is -1.19. The van der Waals surface area contributed by atoms with Crippen molar-refractivity contribution >= 4 is 11.9 Å². The Kier molecular flexibility index (Phi) is 7.29. The van der Waals surface area contributed by atoms with Gasteiger partial charge in [0.05, 0.1) is 5.56 Å². The second-order valence-corrected chi connectivity index (χ2v) is 8.31. The predicted molar refractivity (Wildman–Crippen MR) is 107 cm³/mol. The number of rotatable bonds is 8. The van der Waals surface area contributed by atoms with Gasteiger partial charge >= 0.3 is 5.97 Å². The van der Waals surface area contributed by atoms with E-state index in [0.29, 0.717) is 25.1 Å². The number of phenols is 2. The second-order valence-electron chi connectivity index (χ2n) is 8.31. The van der Waals surface area contributed by atoms with Gasteiger partial charge in [0.15, 0.2) is 0 Å². The molecule has 1 aromatic rings. The van der Waals surface area contributed by atoms with Crippen molar-refractivity contribution in [1.82, 2.24) is 10.2 Å². The summed E-state index contributed by atoms with van der Waals surface area (Å²) < 4.78 is 0. The van der Waals surface area contributed by atoms with Gasteiger partial charge in [0.2, 0.25) is 0 Å².